The lowest BCUT2D eigenvalue weighted by atomic mass is 10.2. The second-order valence-electron chi connectivity index (χ2n) is 4.05. The van der Waals surface area contributed by atoms with Gasteiger partial charge in [0, 0.05) is 28.8 Å². The van der Waals surface area contributed by atoms with Crippen molar-refractivity contribution in [2.45, 2.75) is 6.54 Å². The van der Waals surface area contributed by atoms with Gasteiger partial charge in [-0.05, 0) is 18.2 Å². The number of pyridine rings is 1. The molecule has 8 heteroatoms. The van der Waals surface area contributed by atoms with E-state index in [1.165, 1.54) is 12.3 Å². The highest BCUT2D eigenvalue weighted by atomic mass is 79.9. The molecule has 0 aliphatic carbocycles. The Bertz CT molecular complexity index is 745. The number of benzene rings is 1. The molecule has 0 unspecified atom stereocenters. The van der Waals surface area contributed by atoms with Gasteiger partial charge in [-0.3, -0.25) is 10.1 Å². The van der Waals surface area contributed by atoms with E-state index in [0.29, 0.717) is 10.0 Å². The third kappa shape index (κ3) is 3.52. The van der Waals surface area contributed by atoms with Gasteiger partial charge >= 0.3 is 5.69 Å². The van der Waals surface area contributed by atoms with E-state index in [1.807, 2.05) is 0 Å². The molecule has 1 N–H and O–H groups in total. The van der Waals surface area contributed by atoms with Crippen molar-refractivity contribution in [2.24, 2.45) is 0 Å². The van der Waals surface area contributed by atoms with Crippen LogP contribution in [0.4, 0.5) is 15.9 Å². The lowest BCUT2D eigenvalue weighted by Crippen LogP contribution is -2.06. The molecule has 1 aromatic carbocycles. The molecule has 0 bridgehead atoms. The Kier molecular flexibility index (Phi) is 4.45. The number of nitro groups is 1. The smallest absolute Gasteiger partial charge is 0.312 e. The number of aromatic nitrogens is 1. The van der Waals surface area contributed by atoms with Gasteiger partial charge in [0.15, 0.2) is 0 Å². The van der Waals surface area contributed by atoms with E-state index in [2.05, 4.69) is 26.2 Å². The maximum atomic E-state index is 13.6. The zero-order valence-electron chi connectivity index (χ0n) is 10.5. The van der Waals surface area contributed by atoms with Crippen molar-refractivity contribution >= 4 is 27.4 Å². The Morgan fingerprint density at radius 3 is 2.90 bits per heavy atom. The summed E-state index contributed by atoms with van der Waals surface area (Å²) in [5.41, 5.74) is 0.0928. The van der Waals surface area contributed by atoms with Crippen molar-refractivity contribution in [3.8, 4) is 6.07 Å². The average Bonchev–Trinajstić information content (AvgIpc) is 2.48. The molecule has 1 heterocycles. The van der Waals surface area contributed by atoms with Gasteiger partial charge in [0.2, 0.25) is 5.82 Å². The third-order valence-corrected chi connectivity index (χ3v) is 3.14. The predicted molar refractivity (Wildman–Crippen MR) is 77.0 cm³/mol. The minimum absolute atomic E-state index is 0.0154. The molecule has 0 radical (unpaired) electrons. The third-order valence-electron chi connectivity index (χ3n) is 2.65. The monoisotopic (exact) mass is 350 g/mol. The molecule has 0 fully saturated rings. The Morgan fingerprint density at radius 1 is 1.48 bits per heavy atom. The van der Waals surface area contributed by atoms with Crippen LogP contribution < -0.4 is 5.32 Å². The van der Waals surface area contributed by atoms with Gasteiger partial charge in [0.1, 0.15) is 11.9 Å². The Labute approximate surface area is 127 Å². The Hall–Kier alpha value is -2.53. The van der Waals surface area contributed by atoms with Gasteiger partial charge in [0.05, 0.1) is 10.5 Å². The fourth-order valence-corrected chi connectivity index (χ4v) is 2.06. The van der Waals surface area contributed by atoms with Crippen molar-refractivity contribution < 1.29 is 9.31 Å². The van der Waals surface area contributed by atoms with Gasteiger partial charge in [-0.2, -0.15) is 5.26 Å². The number of anilines is 1. The molecular formula is C13H8BrFN4O2. The van der Waals surface area contributed by atoms with Crippen LogP contribution in [0.1, 0.15) is 11.1 Å². The predicted octanol–water partition coefficient (Wildman–Crippen LogP) is 3.38. The topological polar surface area (TPSA) is 91.8 Å². The first-order valence-corrected chi connectivity index (χ1v) is 6.53. The molecular weight excluding hydrogens is 343 g/mol. The van der Waals surface area contributed by atoms with Crippen LogP contribution in [0.15, 0.2) is 34.9 Å². The van der Waals surface area contributed by atoms with E-state index in [1.54, 1.807) is 18.2 Å². The molecule has 2 aromatic rings. The lowest BCUT2D eigenvalue weighted by molar-refractivity contribution is -0.384. The van der Waals surface area contributed by atoms with Crippen LogP contribution in [0.5, 0.6) is 0 Å². The zero-order valence-corrected chi connectivity index (χ0v) is 12.1. The highest BCUT2D eigenvalue weighted by molar-refractivity contribution is 9.10. The van der Waals surface area contributed by atoms with E-state index in [9.17, 15) is 14.5 Å². The molecule has 1 aromatic heterocycles. The largest absolute Gasteiger partial charge is 0.360 e. The Morgan fingerprint density at radius 2 is 2.24 bits per heavy atom. The molecule has 0 atom stereocenters. The quantitative estimate of drug-likeness (QED) is 0.674. The summed E-state index contributed by atoms with van der Waals surface area (Å²) in [6.45, 7) is 0.0328. The second-order valence-corrected chi connectivity index (χ2v) is 4.97. The Balaban J connectivity index is 2.26. The second kappa shape index (κ2) is 6.28. The van der Waals surface area contributed by atoms with Gasteiger partial charge < -0.3 is 5.32 Å². The van der Waals surface area contributed by atoms with Crippen LogP contribution in [-0.2, 0) is 6.54 Å². The summed E-state index contributed by atoms with van der Waals surface area (Å²) in [5, 5.41) is 22.4. The first-order valence-electron chi connectivity index (χ1n) is 5.73. The molecule has 106 valence electrons. The summed E-state index contributed by atoms with van der Waals surface area (Å²) < 4.78 is 14.3. The summed E-state index contributed by atoms with van der Waals surface area (Å²) in [7, 11) is 0. The number of hydrogen-bond acceptors (Lipinski definition) is 5. The summed E-state index contributed by atoms with van der Waals surface area (Å²) in [6.07, 6.45) is 1.21. The molecule has 0 amide bonds. The van der Waals surface area contributed by atoms with Crippen molar-refractivity contribution in [1.82, 2.24) is 4.98 Å². The number of nitrogens with one attached hydrogen (secondary N) is 1. The number of hydrogen-bond donors (Lipinski definition) is 1. The highest BCUT2D eigenvalue weighted by Crippen LogP contribution is 2.24. The minimum atomic E-state index is -0.645. The SMILES string of the molecule is N#Cc1cnc(NCc2cc(Br)ccc2F)c([N+](=O)[O-])c1. The van der Waals surface area contributed by atoms with Crippen LogP contribution in [0.2, 0.25) is 0 Å². The van der Waals surface area contributed by atoms with Crippen LogP contribution in [0.25, 0.3) is 0 Å². The van der Waals surface area contributed by atoms with Crippen LogP contribution >= 0.6 is 15.9 Å². The molecule has 0 saturated carbocycles. The van der Waals surface area contributed by atoms with Gasteiger partial charge in [-0.1, -0.05) is 15.9 Å². The normalized spacial score (nSPS) is 9.95. The minimum Gasteiger partial charge on any atom is -0.360 e. The van der Waals surface area contributed by atoms with Crippen LogP contribution in [0.3, 0.4) is 0 Å². The molecule has 0 spiro atoms. The van der Waals surface area contributed by atoms with E-state index >= 15 is 0 Å². The number of nitriles is 1. The molecule has 6 nitrogen and oxygen atoms in total. The van der Waals surface area contributed by atoms with Gasteiger partial charge in [-0.25, -0.2) is 9.37 Å². The standard InChI is InChI=1S/C13H8BrFN4O2/c14-10-1-2-11(15)9(4-10)7-18-13-12(19(20)21)3-8(5-16)6-17-13/h1-4,6H,7H2,(H,17,18). The maximum absolute atomic E-state index is 13.6. The zero-order chi connectivity index (χ0) is 15.4. The van der Waals surface area contributed by atoms with E-state index in [0.717, 1.165) is 6.07 Å². The summed E-state index contributed by atoms with van der Waals surface area (Å²) >= 11 is 3.22. The molecule has 0 aliphatic rings. The van der Waals surface area contributed by atoms with Crippen molar-refractivity contribution in [3.05, 3.63) is 62.0 Å². The highest BCUT2D eigenvalue weighted by Gasteiger charge is 2.16. The van der Waals surface area contributed by atoms with Gasteiger partial charge in [-0.15, -0.1) is 0 Å². The van der Waals surface area contributed by atoms with Crippen molar-refractivity contribution in [3.63, 3.8) is 0 Å². The molecule has 0 saturated heterocycles. The average molecular weight is 351 g/mol. The maximum Gasteiger partial charge on any atom is 0.312 e. The molecule has 2 rings (SSSR count). The van der Waals surface area contributed by atoms with E-state index < -0.39 is 10.7 Å². The summed E-state index contributed by atoms with van der Waals surface area (Å²) in [4.78, 5) is 14.1. The van der Waals surface area contributed by atoms with E-state index in [4.69, 9.17) is 5.26 Å². The fourth-order valence-electron chi connectivity index (χ4n) is 1.65. The van der Waals surface area contributed by atoms with Crippen molar-refractivity contribution in [1.29, 1.82) is 5.26 Å². The van der Waals surface area contributed by atoms with Gasteiger partial charge in [0.25, 0.3) is 0 Å². The lowest BCUT2D eigenvalue weighted by Gasteiger charge is -2.07. The van der Waals surface area contributed by atoms with Crippen LogP contribution in [0, 0.1) is 27.3 Å². The van der Waals surface area contributed by atoms with Crippen LogP contribution in [-0.4, -0.2) is 9.91 Å². The summed E-state index contributed by atoms with van der Waals surface area (Å²) in [6, 6.07) is 7.31. The summed E-state index contributed by atoms with van der Waals surface area (Å²) in [5.74, 6) is -0.444. The molecule has 21 heavy (non-hydrogen) atoms. The van der Waals surface area contributed by atoms with E-state index in [-0.39, 0.29) is 23.6 Å². The first kappa shape index (κ1) is 14.9. The molecule has 0 aliphatic heterocycles. The number of halogens is 2. The first-order chi connectivity index (χ1) is 10.0. The number of nitrogens with zero attached hydrogens (tertiary/aromatic N) is 3. The van der Waals surface area contributed by atoms with Crippen molar-refractivity contribution in [2.75, 3.05) is 5.32 Å². The number of rotatable bonds is 4. The fraction of sp³-hybridized carbons (Fsp3) is 0.0769.